The van der Waals surface area contributed by atoms with Gasteiger partial charge in [0.25, 0.3) is 5.78 Å². The molecular formula is C17H19N5O2. The van der Waals surface area contributed by atoms with Gasteiger partial charge in [-0.05, 0) is 13.3 Å². The third-order valence-electron chi connectivity index (χ3n) is 3.56. The van der Waals surface area contributed by atoms with Crippen molar-refractivity contribution >= 4 is 17.6 Å². The highest BCUT2D eigenvalue weighted by atomic mass is 16.5. The van der Waals surface area contributed by atoms with Crippen molar-refractivity contribution in [2.24, 2.45) is 0 Å². The van der Waals surface area contributed by atoms with Crippen LogP contribution in [-0.4, -0.2) is 39.2 Å². The molecule has 0 amide bonds. The standard InChI is InChI=1S/C17H19N5O2/c1-12-11-14(18-10-6-9-15(23)24-2)22-17(19-12)20-16(21-22)13-7-4-3-5-8-13/h3-5,7-8,11,18H,6,9-10H2,1-2H3. The first kappa shape index (κ1) is 15.9. The third kappa shape index (κ3) is 3.51. The van der Waals surface area contributed by atoms with Gasteiger partial charge in [-0.25, -0.2) is 4.98 Å². The number of methoxy groups -OCH3 is 1. The van der Waals surface area contributed by atoms with Gasteiger partial charge >= 0.3 is 5.97 Å². The number of nitrogens with one attached hydrogen (secondary N) is 1. The molecule has 0 aliphatic heterocycles. The minimum absolute atomic E-state index is 0.208. The highest BCUT2D eigenvalue weighted by molar-refractivity contribution is 5.69. The normalized spacial score (nSPS) is 10.8. The van der Waals surface area contributed by atoms with Crippen LogP contribution in [0, 0.1) is 6.92 Å². The summed E-state index contributed by atoms with van der Waals surface area (Å²) in [5.41, 5.74) is 1.79. The van der Waals surface area contributed by atoms with Crippen LogP contribution < -0.4 is 5.32 Å². The number of aryl methyl sites for hydroxylation is 1. The van der Waals surface area contributed by atoms with Crippen LogP contribution in [0.1, 0.15) is 18.5 Å². The number of anilines is 1. The average molecular weight is 325 g/mol. The summed E-state index contributed by atoms with van der Waals surface area (Å²) in [6.45, 7) is 2.55. The van der Waals surface area contributed by atoms with Crippen molar-refractivity contribution in [1.82, 2.24) is 19.6 Å². The number of carbonyl (C=O) groups is 1. The Balaban J connectivity index is 1.82. The molecule has 7 nitrogen and oxygen atoms in total. The van der Waals surface area contributed by atoms with Crippen molar-refractivity contribution in [3.05, 3.63) is 42.1 Å². The number of carbonyl (C=O) groups excluding carboxylic acids is 1. The predicted molar refractivity (Wildman–Crippen MR) is 90.7 cm³/mol. The average Bonchev–Trinajstić information content (AvgIpc) is 3.03. The number of hydrogen-bond acceptors (Lipinski definition) is 6. The van der Waals surface area contributed by atoms with Crippen LogP contribution in [-0.2, 0) is 9.53 Å². The van der Waals surface area contributed by atoms with Gasteiger partial charge < -0.3 is 10.1 Å². The molecular weight excluding hydrogens is 306 g/mol. The molecule has 0 spiro atoms. The fourth-order valence-corrected chi connectivity index (χ4v) is 2.37. The Morgan fingerprint density at radius 1 is 1.25 bits per heavy atom. The van der Waals surface area contributed by atoms with Crippen LogP contribution in [0.5, 0.6) is 0 Å². The van der Waals surface area contributed by atoms with Gasteiger partial charge in [0.05, 0.1) is 7.11 Å². The van der Waals surface area contributed by atoms with Crippen molar-refractivity contribution in [2.45, 2.75) is 19.8 Å². The van der Waals surface area contributed by atoms with Gasteiger partial charge in [0, 0.05) is 30.3 Å². The van der Waals surface area contributed by atoms with Gasteiger partial charge in [0.2, 0.25) is 0 Å². The molecule has 0 aliphatic rings. The number of benzene rings is 1. The molecule has 124 valence electrons. The topological polar surface area (TPSA) is 81.4 Å². The minimum Gasteiger partial charge on any atom is -0.469 e. The van der Waals surface area contributed by atoms with Crippen LogP contribution >= 0.6 is 0 Å². The Bertz CT molecular complexity index is 845. The third-order valence-corrected chi connectivity index (χ3v) is 3.56. The number of rotatable bonds is 6. The van der Waals surface area contributed by atoms with Gasteiger partial charge in [-0.3, -0.25) is 4.79 Å². The molecule has 2 aromatic heterocycles. The summed E-state index contributed by atoms with van der Waals surface area (Å²) < 4.78 is 6.33. The molecule has 1 N–H and O–H groups in total. The summed E-state index contributed by atoms with van der Waals surface area (Å²) in [5.74, 6) is 1.77. The van der Waals surface area contributed by atoms with Gasteiger partial charge in [0.1, 0.15) is 5.82 Å². The summed E-state index contributed by atoms with van der Waals surface area (Å²) in [6, 6.07) is 11.7. The van der Waals surface area contributed by atoms with Crippen LogP contribution in [0.4, 0.5) is 5.82 Å². The summed E-state index contributed by atoms with van der Waals surface area (Å²) in [7, 11) is 1.39. The van der Waals surface area contributed by atoms with E-state index in [-0.39, 0.29) is 5.97 Å². The molecule has 0 saturated carbocycles. The minimum atomic E-state index is -0.208. The van der Waals surface area contributed by atoms with E-state index in [1.165, 1.54) is 7.11 Å². The molecule has 0 fully saturated rings. The zero-order valence-electron chi connectivity index (χ0n) is 13.7. The van der Waals surface area contributed by atoms with E-state index in [0.717, 1.165) is 17.1 Å². The van der Waals surface area contributed by atoms with E-state index in [9.17, 15) is 4.79 Å². The van der Waals surface area contributed by atoms with Gasteiger partial charge in [0.15, 0.2) is 5.82 Å². The lowest BCUT2D eigenvalue weighted by Crippen LogP contribution is -2.10. The molecule has 3 aromatic rings. The molecule has 0 bridgehead atoms. The van der Waals surface area contributed by atoms with Gasteiger partial charge in [-0.2, -0.15) is 9.50 Å². The van der Waals surface area contributed by atoms with Crippen molar-refractivity contribution < 1.29 is 9.53 Å². The quantitative estimate of drug-likeness (QED) is 0.554. The van der Waals surface area contributed by atoms with Crippen molar-refractivity contribution in [3.8, 4) is 11.4 Å². The number of esters is 1. The Morgan fingerprint density at radius 3 is 2.79 bits per heavy atom. The Hall–Kier alpha value is -2.96. The maximum atomic E-state index is 11.2. The smallest absolute Gasteiger partial charge is 0.305 e. The number of aromatic nitrogens is 4. The zero-order chi connectivity index (χ0) is 16.9. The fourth-order valence-electron chi connectivity index (χ4n) is 2.37. The maximum absolute atomic E-state index is 11.2. The monoisotopic (exact) mass is 325 g/mol. The number of ether oxygens (including phenoxy) is 1. The molecule has 0 atom stereocenters. The summed E-state index contributed by atoms with van der Waals surface area (Å²) in [6.07, 6.45) is 1.05. The van der Waals surface area contributed by atoms with E-state index in [2.05, 4.69) is 25.1 Å². The lowest BCUT2D eigenvalue weighted by molar-refractivity contribution is -0.140. The van der Waals surface area contributed by atoms with E-state index in [0.29, 0.717) is 31.0 Å². The SMILES string of the molecule is COC(=O)CCCNc1cc(C)nc2nc(-c3ccccc3)nn12. The highest BCUT2D eigenvalue weighted by Gasteiger charge is 2.11. The van der Waals surface area contributed by atoms with E-state index < -0.39 is 0 Å². The van der Waals surface area contributed by atoms with Gasteiger partial charge in [-0.15, -0.1) is 5.10 Å². The van der Waals surface area contributed by atoms with Crippen LogP contribution in [0.2, 0.25) is 0 Å². The first-order chi connectivity index (χ1) is 11.7. The first-order valence-corrected chi connectivity index (χ1v) is 7.78. The Kier molecular flexibility index (Phi) is 4.69. The fraction of sp³-hybridized carbons (Fsp3) is 0.294. The van der Waals surface area contributed by atoms with Crippen molar-refractivity contribution in [2.75, 3.05) is 19.0 Å². The number of nitrogens with zero attached hydrogens (tertiary/aromatic N) is 4. The Labute approximate surface area is 139 Å². The lowest BCUT2D eigenvalue weighted by atomic mass is 10.2. The Morgan fingerprint density at radius 2 is 2.04 bits per heavy atom. The molecule has 24 heavy (non-hydrogen) atoms. The van der Waals surface area contributed by atoms with Crippen molar-refractivity contribution in [1.29, 1.82) is 0 Å². The second-order valence-corrected chi connectivity index (χ2v) is 5.40. The predicted octanol–water partition coefficient (Wildman–Crippen LogP) is 2.46. The molecule has 1 aromatic carbocycles. The van der Waals surface area contributed by atoms with E-state index in [1.54, 1.807) is 4.52 Å². The van der Waals surface area contributed by atoms with E-state index in [1.807, 2.05) is 43.3 Å². The number of hydrogen-bond donors (Lipinski definition) is 1. The van der Waals surface area contributed by atoms with Gasteiger partial charge in [-0.1, -0.05) is 30.3 Å². The second-order valence-electron chi connectivity index (χ2n) is 5.40. The summed E-state index contributed by atoms with van der Waals surface area (Å²) in [5, 5.41) is 7.83. The second kappa shape index (κ2) is 7.08. The highest BCUT2D eigenvalue weighted by Crippen LogP contribution is 2.18. The largest absolute Gasteiger partial charge is 0.469 e. The summed E-state index contributed by atoms with van der Waals surface area (Å²) >= 11 is 0. The van der Waals surface area contributed by atoms with Crippen molar-refractivity contribution in [3.63, 3.8) is 0 Å². The van der Waals surface area contributed by atoms with E-state index >= 15 is 0 Å². The molecule has 0 unspecified atom stereocenters. The molecule has 0 aliphatic carbocycles. The molecule has 0 saturated heterocycles. The van der Waals surface area contributed by atoms with Crippen LogP contribution in [0.25, 0.3) is 17.2 Å². The lowest BCUT2D eigenvalue weighted by Gasteiger charge is -2.08. The van der Waals surface area contributed by atoms with Crippen LogP contribution in [0.3, 0.4) is 0 Å². The molecule has 2 heterocycles. The molecule has 7 heteroatoms. The molecule has 3 rings (SSSR count). The molecule has 0 radical (unpaired) electrons. The van der Waals surface area contributed by atoms with Crippen LogP contribution in [0.15, 0.2) is 36.4 Å². The van der Waals surface area contributed by atoms with E-state index in [4.69, 9.17) is 0 Å². The number of fused-ring (bicyclic) bond motifs is 1. The summed E-state index contributed by atoms with van der Waals surface area (Å²) in [4.78, 5) is 20.1. The first-order valence-electron chi connectivity index (χ1n) is 7.78. The zero-order valence-corrected chi connectivity index (χ0v) is 13.7. The maximum Gasteiger partial charge on any atom is 0.305 e.